The lowest BCUT2D eigenvalue weighted by atomic mass is 10.1. The maximum atomic E-state index is 14.0. The van der Waals surface area contributed by atoms with Gasteiger partial charge >= 0.3 is 24.2 Å². The average molecular weight is 517 g/mol. The van der Waals surface area contributed by atoms with Crippen molar-refractivity contribution >= 4 is 17.8 Å². The van der Waals surface area contributed by atoms with Crippen LogP contribution in [-0.2, 0) is 14.3 Å². The van der Waals surface area contributed by atoms with E-state index in [1.807, 2.05) is 0 Å². The van der Waals surface area contributed by atoms with Gasteiger partial charge in [0.05, 0.1) is 30.8 Å². The lowest BCUT2D eigenvalue weighted by Gasteiger charge is -2.26. The zero-order valence-electron chi connectivity index (χ0n) is 16.2. The number of esters is 1. The number of halogens is 11. The average Bonchev–Trinajstić information content (AvgIpc) is 2.96. The molecule has 34 heavy (non-hydrogen) atoms. The first-order valence-corrected chi connectivity index (χ1v) is 8.79. The Labute approximate surface area is 181 Å². The van der Waals surface area contributed by atoms with Crippen LogP contribution in [0.15, 0.2) is 0 Å². The molecule has 1 unspecified atom stereocenters. The number of benzene rings is 1. The van der Waals surface area contributed by atoms with Gasteiger partial charge in [0.2, 0.25) is 0 Å². The molecule has 1 aliphatic heterocycles. The molecule has 0 fully saturated rings. The molecular weight excluding hydrogens is 507 g/mol. The Hall–Kier alpha value is -2.98. The predicted octanol–water partition coefficient (Wildman–Crippen LogP) is 3.97. The number of amides is 2. The molecule has 0 N–H and O–H groups in total. The van der Waals surface area contributed by atoms with Crippen molar-refractivity contribution in [1.82, 2.24) is 4.90 Å². The molecule has 0 spiro atoms. The standard InChI is InChI=1S/C17H10F11NO5/c18-8-6-7(9(19)11(21)10(8)20)13(31)29(12(6)30)3-1-4-33-14(32)16(25,17(26,27)28)34-5-2-15(22,23)24/h1-5H2. The van der Waals surface area contributed by atoms with Crippen LogP contribution in [0.3, 0.4) is 0 Å². The number of imide groups is 1. The van der Waals surface area contributed by atoms with Gasteiger partial charge in [-0.3, -0.25) is 14.5 Å². The molecule has 0 saturated carbocycles. The topological polar surface area (TPSA) is 72.9 Å². The van der Waals surface area contributed by atoms with Crippen molar-refractivity contribution in [2.24, 2.45) is 0 Å². The summed E-state index contributed by atoms with van der Waals surface area (Å²) >= 11 is 0. The third-order valence-corrected chi connectivity index (χ3v) is 4.26. The summed E-state index contributed by atoms with van der Waals surface area (Å²) in [5, 5.41) is 0. The van der Waals surface area contributed by atoms with Gasteiger partial charge in [-0.2, -0.15) is 30.7 Å². The molecule has 2 rings (SSSR count). The number of carbonyl (C=O) groups is 3. The van der Waals surface area contributed by atoms with E-state index in [9.17, 15) is 62.7 Å². The van der Waals surface area contributed by atoms with Crippen LogP contribution < -0.4 is 0 Å². The highest BCUT2D eigenvalue weighted by molar-refractivity contribution is 6.21. The molecule has 0 bridgehead atoms. The quantitative estimate of drug-likeness (QED) is 0.130. The van der Waals surface area contributed by atoms with Crippen molar-refractivity contribution in [3.8, 4) is 0 Å². The highest BCUT2D eigenvalue weighted by Crippen LogP contribution is 2.37. The Morgan fingerprint density at radius 3 is 1.65 bits per heavy atom. The SMILES string of the molecule is O=C1c2c(F)c(F)c(F)c(F)c2C(=O)N1CCCOC(=O)C(F)(OCCC(F)(F)F)C(F)(F)F. The van der Waals surface area contributed by atoms with E-state index < -0.39 is 103 Å². The zero-order valence-corrected chi connectivity index (χ0v) is 16.2. The molecule has 17 heteroatoms. The normalized spacial score (nSPS) is 16.0. The number of rotatable bonds is 8. The number of nitrogens with zero attached hydrogens (tertiary/aromatic N) is 1. The van der Waals surface area contributed by atoms with Crippen molar-refractivity contribution < 1.29 is 72.2 Å². The predicted molar refractivity (Wildman–Crippen MR) is 83.7 cm³/mol. The highest BCUT2D eigenvalue weighted by Gasteiger charge is 2.65. The second-order valence-electron chi connectivity index (χ2n) is 6.56. The minimum absolute atomic E-state index is 0.0236. The molecule has 1 heterocycles. The molecule has 190 valence electrons. The maximum absolute atomic E-state index is 14.0. The van der Waals surface area contributed by atoms with Crippen LogP contribution in [0.2, 0.25) is 0 Å². The fourth-order valence-electron chi connectivity index (χ4n) is 2.64. The first-order valence-electron chi connectivity index (χ1n) is 8.79. The van der Waals surface area contributed by atoms with Gasteiger partial charge in [-0.05, 0) is 6.42 Å². The number of hydrogen-bond donors (Lipinski definition) is 0. The fraction of sp³-hybridized carbons (Fsp3) is 0.471. The van der Waals surface area contributed by atoms with E-state index in [0.29, 0.717) is 0 Å². The number of alkyl halides is 7. The van der Waals surface area contributed by atoms with Crippen LogP contribution in [-0.4, -0.2) is 60.6 Å². The summed E-state index contributed by atoms with van der Waals surface area (Å²) in [4.78, 5) is 35.6. The van der Waals surface area contributed by atoms with E-state index in [0.717, 1.165) is 0 Å². The van der Waals surface area contributed by atoms with Crippen molar-refractivity contribution in [3.63, 3.8) is 0 Å². The Kier molecular flexibility index (Phi) is 7.49. The number of carbonyl (C=O) groups excluding carboxylic acids is 3. The van der Waals surface area contributed by atoms with Gasteiger partial charge in [0.1, 0.15) is 0 Å². The number of ether oxygens (including phenoxy) is 2. The molecule has 0 saturated heterocycles. The largest absolute Gasteiger partial charge is 0.461 e. The van der Waals surface area contributed by atoms with Crippen molar-refractivity contribution in [2.75, 3.05) is 19.8 Å². The molecule has 1 aliphatic rings. The summed E-state index contributed by atoms with van der Waals surface area (Å²) in [5.41, 5.74) is -2.90. The molecule has 0 aromatic heterocycles. The highest BCUT2D eigenvalue weighted by atomic mass is 19.4. The Balaban J connectivity index is 2.03. The molecule has 2 amide bonds. The van der Waals surface area contributed by atoms with Crippen LogP contribution in [0, 0.1) is 23.3 Å². The summed E-state index contributed by atoms with van der Waals surface area (Å²) in [5.74, 6) is -20.5. The van der Waals surface area contributed by atoms with E-state index in [4.69, 9.17) is 0 Å². The fourth-order valence-corrected chi connectivity index (χ4v) is 2.64. The van der Waals surface area contributed by atoms with E-state index in [1.165, 1.54) is 0 Å². The molecular formula is C17H10F11NO5. The van der Waals surface area contributed by atoms with E-state index in [-0.39, 0.29) is 4.90 Å². The summed E-state index contributed by atoms with van der Waals surface area (Å²) in [6.45, 7) is -4.01. The molecule has 1 aromatic rings. The third kappa shape index (κ3) is 5.07. The molecule has 1 atom stereocenters. The van der Waals surface area contributed by atoms with Crippen LogP contribution >= 0.6 is 0 Å². The van der Waals surface area contributed by atoms with Gasteiger partial charge in [-0.15, -0.1) is 0 Å². The van der Waals surface area contributed by atoms with Gasteiger partial charge in [-0.25, -0.2) is 22.4 Å². The summed E-state index contributed by atoms with van der Waals surface area (Å²) in [7, 11) is 0. The van der Waals surface area contributed by atoms with E-state index >= 15 is 0 Å². The lowest BCUT2D eigenvalue weighted by Crippen LogP contribution is -2.52. The Morgan fingerprint density at radius 1 is 0.765 bits per heavy atom. The van der Waals surface area contributed by atoms with Crippen molar-refractivity contribution in [2.45, 2.75) is 31.0 Å². The van der Waals surface area contributed by atoms with Crippen LogP contribution in [0.4, 0.5) is 48.3 Å². The third-order valence-electron chi connectivity index (χ3n) is 4.26. The summed E-state index contributed by atoms with van der Waals surface area (Å²) < 4.78 is 150. The van der Waals surface area contributed by atoms with Crippen LogP contribution in [0.1, 0.15) is 33.6 Å². The van der Waals surface area contributed by atoms with Gasteiger partial charge in [-0.1, -0.05) is 0 Å². The lowest BCUT2D eigenvalue weighted by molar-refractivity contribution is -0.327. The minimum atomic E-state index is -6.15. The minimum Gasteiger partial charge on any atom is -0.461 e. The zero-order chi connectivity index (χ0) is 26.2. The van der Waals surface area contributed by atoms with Gasteiger partial charge in [0, 0.05) is 6.54 Å². The number of hydrogen-bond acceptors (Lipinski definition) is 5. The van der Waals surface area contributed by atoms with E-state index in [1.54, 1.807) is 0 Å². The monoisotopic (exact) mass is 517 g/mol. The summed E-state index contributed by atoms with van der Waals surface area (Å²) in [6, 6.07) is 0. The smallest absolute Gasteiger partial charge is 0.460 e. The molecule has 0 radical (unpaired) electrons. The molecule has 6 nitrogen and oxygen atoms in total. The summed E-state index contributed by atoms with van der Waals surface area (Å²) in [6.07, 6.45) is -14.0. The molecule has 0 aliphatic carbocycles. The van der Waals surface area contributed by atoms with E-state index in [2.05, 4.69) is 9.47 Å². The second kappa shape index (κ2) is 9.34. The Morgan fingerprint density at radius 2 is 1.24 bits per heavy atom. The molecule has 1 aromatic carbocycles. The van der Waals surface area contributed by atoms with Gasteiger partial charge in [0.25, 0.3) is 11.8 Å². The van der Waals surface area contributed by atoms with Crippen LogP contribution in [0.25, 0.3) is 0 Å². The van der Waals surface area contributed by atoms with Crippen LogP contribution in [0.5, 0.6) is 0 Å². The van der Waals surface area contributed by atoms with Crippen molar-refractivity contribution in [1.29, 1.82) is 0 Å². The first-order chi connectivity index (χ1) is 15.4. The first kappa shape index (κ1) is 27.3. The van der Waals surface area contributed by atoms with Gasteiger partial charge in [0.15, 0.2) is 23.3 Å². The second-order valence-corrected chi connectivity index (χ2v) is 6.56. The van der Waals surface area contributed by atoms with Gasteiger partial charge < -0.3 is 9.47 Å². The Bertz CT molecular complexity index is 960. The number of fused-ring (bicyclic) bond motifs is 1. The van der Waals surface area contributed by atoms with Crippen molar-refractivity contribution in [3.05, 3.63) is 34.4 Å². The maximum Gasteiger partial charge on any atom is 0.460 e.